The number of benzene rings is 1. The molecule has 0 unspecified atom stereocenters. The van der Waals surface area contributed by atoms with Crippen molar-refractivity contribution in [3.63, 3.8) is 0 Å². The van der Waals surface area contributed by atoms with Gasteiger partial charge < -0.3 is 15.5 Å². The lowest BCUT2D eigenvalue weighted by Crippen LogP contribution is -2.47. The summed E-state index contributed by atoms with van der Waals surface area (Å²) in [5.74, 6) is -1.94. The molecule has 7 heteroatoms. The molecule has 0 spiro atoms. The maximum Gasteiger partial charge on any atom is 0.313 e. The Labute approximate surface area is 121 Å². The maximum absolute atomic E-state index is 12.7. The molecule has 112 valence electrons. The Morgan fingerprint density at radius 3 is 2.33 bits per heavy atom. The van der Waals surface area contributed by atoms with Gasteiger partial charge in [-0.1, -0.05) is 0 Å². The molecule has 1 saturated heterocycles. The van der Waals surface area contributed by atoms with E-state index in [1.165, 1.54) is 24.3 Å². The summed E-state index contributed by atoms with van der Waals surface area (Å²) in [6.07, 6.45) is 2.02. The number of hydrogen-bond donors (Lipinski definition) is 2. The van der Waals surface area contributed by atoms with Crippen molar-refractivity contribution in [1.29, 1.82) is 0 Å². The predicted octanol–water partition coefficient (Wildman–Crippen LogP) is 0.501. The summed E-state index contributed by atoms with van der Waals surface area (Å²) < 4.78 is 12.7. The van der Waals surface area contributed by atoms with Crippen LogP contribution in [0.2, 0.25) is 0 Å². The zero-order valence-electron chi connectivity index (χ0n) is 11.3. The van der Waals surface area contributed by atoms with Gasteiger partial charge in [-0.25, -0.2) is 4.39 Å². The lowest BCUT2D eigenvalue weighted by atomic mass is 10.1. The van der Waals surface area contributed by atoms with Crippen LogP contribution in [0, 0.1) is 5.82 Å². The summed E-state index contributed by atoms with van der Waals surface area (Å²) in [4.78, 5) is 35.7. The van der Waals surface area contributed by atoms with Crippen LogP contribution in [0.1, 0.15) is 12.8 Å². The van der Waals surface area contributed by atoms with Gasteiger partial charge in [-0.3, -0.25) is 14.4 Å². The largest absolute Gasteiger partial charge is 0.345 e. The van der Waals surface area contributed by atoms with Crippen molar-refractivity contribution < 1.29 is 18.8 Å². The van der Waals surface area contributed by atoms with Crippen molar-refractivity contribution >= 4 is 23.9 Å². The molecule has 2 N–H and O–H groups in total. The molecule has 0 aliphatic carbocycles. The number of rotatable bonds is 3. The second kappa shape index (κ2) is 6.83. The number of nitrogens with zero attached hydrogens (tertiary/aromatic N) is 1. The summed E-state index contributed by atoms with van der Waals surface area (Å²) >= 11 is 0. The molecular weight excluding hydrogens is 277 g/mol. The zero-order valence-corrected chi connectivity index (χ0v) is 11.3. The van der Waals surface area contributed by atoms with E-state index in [0.717, 1.165) is 6.41 Å². The van der Waals surface area contributed by atoms with E-state index < -0.39 is 17.6 Å². The first-order chi connectivity index (χ1) is 10.1. The predicted molar refractivity (Wildman–Crippen MR) is 73.8 cm³/mol. The number of likely N-dealkylation sites (tertiary alicyclic amines) is 1. The molecule has 0 saturated carbocycles. The van der Waals surface area contributed by atoms with Crippen molar-refractivity contribution in [1.82, 2.24) is 10.2 Å². The fourth-order valence-corrected chi connectivity index (χ4v) is 2.12. The van der Waals surface area contributed by atoms with Crippen LogP contribution in [-0.2, 0) is 14.4 Å². The van der Waals surface area contributed by atoms with E-state index in [0.29, 0.717) is 31.6 Å². The Morgan fingerprint density at radius 1 is 1.14 bits per heavy atom. The molecule has 1 fully saturated rings. The minimum atomic E-state index is -0.792. The molecule has 3 amide bonds. The van der Waals surface area contributed by atoms with Gasteiger partial charge in [-0.2, -0.15) is 0 Å². The Bertz CT molecular complexity index is 525. The fraction of sp³-hybridized carbons (Fsp3) is 0.357. The highest BCUT2D eigenvalue weighted by Crippen LogP contribution is 2.10. The smallest absolute Gasteiger partial charge is 0.313 e. The second-order valence-corrected chi connectivity index (χ2v) is 4.85. The molecule has 1 aliphatic rings. The Hall–Kier alpha value is -2.44. The molecule has 21 heavy (non-hydrogen) atoms. The summed E-state index contributed by atoms with van der Waals surface area (Å²) in [6.45, 7) is 1.13. The van der Waals surface area contributed by atoms with Crippen LogP contribution in [0.25, 0.3) is 0 Å². The summed E-state index contributed by atoms with van der Waals surface area (Å²) in [7, 11) is 0. The van der Waals surface area contributed by atoms with Crippen LogP contribution < -0.4 is 10.6 Å². The third-order valence-corrected chi connectivity index (χ3v) is 3.32. The summed E-state index contributed by atoms with van der Waals surface area (Å²) in [5, 5.41) is 5.02. The van der Waals surface area contributed by atoms with Gasteiger partial charge in [0.05, 0.1) is 0 Å². The van der Waals surface area contributed by atoms with Crippen LogP contribution in [0.4, 0.5) is 10.1 Å². The van der Waals surface area contributed by atoms with E-state index in [1.54, 1.807) is 4.90 Å². The monoisotopic (exact) mass is 293 g/mol. The van der Waals surface area contributed by atoms with Gasteiger partial charge in [-0.15, -0.1) is 0 Å². The number of carbonyl (C=O) groups is 3. The average molecular weight is 293 g/mol. The highest BCUT2D eigenvalue weighted by atomic mass is 19.1. The summed E-state index contributed by atoms with van der Waals surface area (Å²) in [5.41, 5.74) is 0.354. The highest BCUT2D eigenvalue weighted by molar-refractivity contribution is 6.39. The minimum absolute atomic E-state index is 0.118. The maximum atomic E-state index is 12.7. The highest BCUT2D eigenvalue weighted by Gasteiger charge is 2.22. The number of carbonyl (C=O) groups excluding carboxylic acids is 3. The fourth-order valence-electron chi connectivity index (χ4n) is 2.12. The topological polar surface area (TPSA) is 78.5 Å². The van der Waals surface area contributed by atoms with Gasteiger partial charge in [0, 0.05) is 24.8 Å². The van der Waals surface area contributed by atoms with Crippen LogP contribution in [0.3, 0.4) is 0 Å². The number of amides is 3. The molecule has 6 nitrogen and oxygen atoms in total. The molecule has 1 heterocycles. The van der Waals surface area contributed by atoms with E-state index in [1.807, 2.05) is 0 Å². The molecule has 2 rings (SSSR count). The molecule has 0 radical (unpaired) electrons. The molecule has 1 aromatic carbocycles. The molecule has 1 aliphatic heterocycles. The number of nitrogens with one attached hydrogen (secondary N) is 2. The Kier molecular flexibility index (Phi) is 4.86. The molecule has 0 bridgehead atoms. The summed E-state index contributed by atoms with van der Waals surface area (Å²) in [6, 6.07) is 5.03. The lowest BCUT2D eigenvalue weighted by Gasteiger charge is -2.29. The van der Waals surface area contributed by atoms with Crippen molar-refractivity contribution in [3.05, 3.63) is 30.1 Å². The quantitative estimate of drug-likeness (QED) is 0.629. The molecule has 0 atom stereocenters. The third-order valence-electron chi connectivity index (χ3n) is 3.32. The van der Waals surface area contributed by atoms with Crippen molar-refractivity contribution in [2.24, 2.45) is 0 Å². The van der Waals surface area contributed by atoms with Gasteiger partial charge in [0.25, 0.3) is 0 Å². The Balaban J connectivity index is 1.81. The lowest BCUT2D eigenvalue weighted by molar-refractivity contribution is -0.136. The van der Waals surface area contributed by atoms with Crippen molar-refractivity contribution in [2.45, 2.75) is 18.9 Å². The van der Waals surface area contributed by atoms with Crippen LogP contribution in [0.15, 0.2) is 24.3 Å². The zero-order chi connectivity index (χ0) is 15.2. The van der Waals surface area contributed by atoms with Gasteiger partial charge in [-0.05, 0) is 37.1 Å². The van der Waals surface area contributed by atoms with E-state index >= 15 is 0 Å². The first-order valence-electron chi connectivity index (χ1n) is 6.65. The first-order valence-corrected chi connectivity index (χ1v) is 6.65. The van der Waals surface area contributed by atoms with E-state index in [9.17, 15) is 18.8 Å². The second-order valence-electron chi connectivity index (χ2n) is 4.85. The van der Waals surface area contributed by atoms with Gasteiger partial charge in [0.1, 0.15) is 5.82 Å². The van der Waals surface area contributed by atoms with Crippen LogP contribution in [0.5, 0.6) is 0 Å². The van der Waals surface area contributed by atoms with E-state index in [-0.39, 0.29) is 6.04 Å². The van der Waals surface area contributed by atoms with Crippen molar-refractivity contribution in [3.8, 4) is 0 Å². The third kappa shape index (κ3) is 4.27. The number of piperidine rings is 1. The average Bonchev–Trinajstić information content (AvgIpc) is 2.50. The standard InChI is InChI=1S/C14H16FN3O3/c15-10-1-3-11(4-2-10)16-13(20)14(21)17-12-5-7-18(9-19)8-6-12/h1-4,9,12H,5-8H2,(H,16,20)(H,17,21). The van der Waals surface area contributed by atoms with Crippen molar-refractivity contribution in [2.75, 3.05) is 18.4 Å². The SMILES string of the molecule is O=CN1CCC(NC(=O)C(=O)Nc2ccc(F)cc2)CC1. The van der Waals surface area contributed by atoms with E-state index in [2.05, 4.69) is 10.6 Å². The number of halogens is 1. The van der Waals surface area contributed by atoms with Gasteiger partial charge in [0.15, 0.2) is 0 Å². The molecule has 0 aromatic heterocycles. The molecule has 1 aromatic rings. The van der Waals surface area contributed by atoms with Gasteiger partial charge in [0.2, 0.25) is 6.41 Å². The normalized spacial score (nSPS) is 15.4. The van der Waals surface area contributed by atoms with E-state index in [4.69, 9.17) is 0 Å². The first kappa shape index (κ1) is 15.0. The Morgan fingerprint density at radius 2 is 1.76 bits per heavy atom. The van der Waals surface area contributed by atoms with Gasteiger partial charge >= 0.3 is 11.8 Å². The molecular formula is C14H16FN3O3. The minimum Gasteiger partial charge on any atom is -0.345 e. The number of hydrogen-bond acceptors (Lipinski definition) is 3. The van der Waals surface area contributed by atoms with Crippen LogP contribution >= 0.6 is 0 Å². The van der Waals surface area contributed by atoms with Crippen LogP contribution in [-0.4, -0.2) is 42.3 Å². The number of anilines is 1.